The molecule has 16 heavy (non-hydrogen) atoms. The van der Waals surface area contributed by atoms with Crippen LogP contribution in [0.2, 0.25) is 0 Å². The molecule has 0 amide bonds. The molecule has 1 unspecified atom stereocenters. The number of hydrogen-bond donors (Lipinski definition) is 1. The van der Waals surface area contributed by atoms with Gasteiger partial charge in [-0.15, -0.1) is 12.4 Å². The molecule has 0 aromatic heterocycles. The molecule has 2 saturated carbocycles. The van der Waals surface area contributed by atoms with Gasteiger partial charge in [-0.1, -0.05) is 32.1 Å². The van der Waals surface area contributed by atoms with Gasteiger partial charge in [-0.05, 0) is 31.6 Å². The van der Waals surface area contributed by atoms with Crippen molar-refractivity contribution in [3.63, 3.8) is 0 Å². The van der Waals surface area contributed by atoms with E-state index in [1.54, 1.807) is 0 Å². The van der Waals surface area contributed by atoms with Crippen molar-refractivity contribution in [2.75, 3.05) is 0 Å². The predicted molar refractivity (Wildman–Crippen MR) is 68.8 cm³/mol. The summed E-state index contributed by atoms with van der Waals surface area (Å²) >= 11 is 0. The zero-order valence-corrected chi connectivity index (χ0v) is 10.8. The first-order chi connectivity index (χ1) is 7.29. The largest absolute Gasteiger partial charge is 0.321 e. The Morgan fingerprint density at radius 3 is 2.00 bits per heavy atom. The van der Waals surface area contributed by atoms with Crippen molar-refractivity contribution in [3.05, 3.63) is 0 Å². The van der Waals surface area contributed by atoms with Crippen molar-refractivity contribution in [3.8, 4) is 0 Å². The Hall–Kier alpha value is -0.0800. The Kier molecular flexibility index (Phi) is 5.77. The summed E-state index contributed by atoms with van der Waals surface area (Å²) in [6.07, 6.45) is 10.9. The average Bonchev–Trinajstić information content (AvgIpc) is 2.82. The van der Waals surface area contributed by atoms with Crippen LogP contribution in [0.5, 0.6) is 0 Å². The minimum absolute atomic E-state index is 0. The van der Waals surface area contributed by atoms with Crippen LogP contribution in [-0.4, -0.2) is 11.8 Å². The fourth-order valence-corrected chi connectivity index (χ4v) is 3.21. The Labute approximate surface area is 105 Å². The van der Waals surface area contributed by atoms with E-state index in [1.807, 2.05) is 0 Å². The van der Waals surface area contributed by atoms with Crippen molar-refractivity contribution in [2.45, 2.75) is 63.8 Å². The molecule has 0 radical (unpaired) electrons. The van der Waals surface area contributed by atoms with E-state index in [4.69, 9.17) is 5.73 Å². The second kappa shape index (κ2) is 6.61. The third-order valence-corrected chi connectivity index (χ3v) is 4.24. The van der Waals surface area contributed by atoms with Crippen molar-refractivity contribution in [1.82, 2.24) is 0 Å². The summed E-state index contributed by atoms with van der Waals surface area (Å²) in [5, 5.41) is 0. The highest BCUT2D eigenvalue weighted by molar-refractivity contribution is 5.86. The van der Waals surface area contributed by atoms with Crippen LogP contribution < -0.4 is 5.73 Å². The summed E-state index contributed by atoms with van der Waals surface area (Å²) in [6, 6.07) is -0.145. The molecule has 94 valence electrons. The van der Waals surface area contributed by atoms with Crippen LogP contribution in [0.25, 0.3) is 0 Å². The molecule has 0 aromatic carbocycles. The molecule has 0 saturated heterocycles. The molecule has 0 heterocycles. The van der Waals surface area contributed by atoms with E-state index in [1.165, 1.54) is 44.9 Å². The minimum atomic E-state index is -0.145. The first-order valence-corrected chi connectivity index (χ1v) is 6.58. The quantitative estimate of drug-likeness (QED) is 0.831. The minimum Gasteiger partial charge on any atom is -0.321 e. The van der Waals surface area contributed by atoms with Crippen LogP contribution in [0, 0.1) is 11.8 Å². The molecule has 2 aliphatic rings. The molecule has 2 nitrogen and oxygen atoms in total. The molecule has 1 atom stereocenters. The summed E-state index contributed by atoms with van der Waals surface area (Å²) in [5.41, 5.74) is 6.12. The fraction of sp³-hybridized carbons (Fsp3) is 0.923. The van der Waals surface area contributed by atoms with Crippen molar-refractivity contribution < 1.29 is 4.79 Å². The number of nitrogens with two attached hydrogens (primary N) is 1. The first-order valence-electron chi connectivity index (χ1n) is 6.58. The van der Waals surface area contributed by atoms with Gasteiger partial charge < -0.3 is 5.73 Å². The maximum Gasteiger partial charge on any atom is 0.152 e. The van der Waals surface area contributed by atoms with Gasteiger partial charge in [0.15, 0.2) is 5.78 Å². The lowest BCUT2D eigenvalue weighted by Crippen LogP contribution is -2.42. The number of ketones is 1. The van der Waals surface area contributed by atoms with Gasteiger partial charge in [-0.25, -0.2) is 0 Å². The van der Waals surface area contributed by atoms with Gasteiger partial charge in [0.2, 0.25) is 0 Å². The second-order valence-electron chi connectivity index (χ2n) is 5.31. The monoisotopic (exact) mass is 245 g/mol. The highest BCUT2D eigenvalue weighted by atomic mass is 35.5. The summed E-state index contributed by atoms with van der Waals surface area (Å²) in [4.78, 5) is 12.1. The normalized spacial score (nSPS) is 25.1. The summed E-state index contributed by atoms with van der Waals surface area (Å²) in [5.74, 6) is 1.17. The Morgan fingerprint density at radius 2 is 1.44 bits per heavy atom. The van der Waals surface area contributed by atoms with E-state index >= 15 is 0 Å². The standard InChI is InChI=1S/C13H23NO.ClH/c14-12(10-6-2-1-3-7-10)13(15)11-8-4-5-9-11;/h10-12H,1-9,14H2;1H. The SMILES string of the molecule is Cl.NC(C(=O)C1CCCC1)C1CCCCC1. The Balaban J connectivity index is 0.00000128. The predicted octanol–water partition coefficient (Wildman–Crippen LogP) is 3.08. The number of Topliss-reactive ketones (excluding diaryl/α,β-unsaturated/α-hetero) is 1. The van der Waals surface area contributed by atoms with Crippen LogP contribution in [0.1, 0.15) is 57.8 Å². The van der Waals surface area contributed by atoms with E-state index in [0.29, 0.717) is 17.6 Å². The zero-order chi connectivity index (χ0) is 10.7. The lowest BCUT2D eigenvalue weighted by molar-refractivity contribution is -0.125. The maximum atomic E-state index is 12.1. The smallest absolute Gasteiger partial charge is 0.152 e. The van der Waals surface area contributed by atoms with E-state index < -0.39 is 0 Å². The van der Waals surface area contributed by atoms with Crippen molar-refractivity contribution in [2.24, 2.45) is 17.6 Å². The van der Waals surface area contributed by atoms with Gasteiger partial charge >= 0.3 is 0 Å². The van der Waals surface area contributed by atoms with E-state index in [0.717, 1.165) is 12.8 Å². The number of hydrogen-bond acceptors (Lipinski definition) is 2. The van der Waals surface area contributed by atoms with Crippen molar-refractivity contribution in [1.29, 1.82) is 0 Å². The summed E-state index contributed by atoms with van der Waals surface area (Å²) in [6.45, 7) is 0. The van der Waals surface area contributed by atoms with Gasteiger partial charge in [0.05, 0.1) is 6.04 Å². The lowest BCUT2D eigenvalue weighted by atomic mass is 9.80. The summed E-state index contributed by atoms with van der Waals surface area (Å²) in [7, 11) is 0. The zero-order valence-electron chi connectivity index (χ0n) is 9.99. The van der Waals surface area contributed by atoms with Crippen molar-refractivity contribution >= 4 is 18.2 Å². The summed E-state index contributed by atoms with van der Waals surface area (Å²) < 4.78 is 0. The molecular formula is C13H24ClNO. The number of carbonyl (C=O) groups excluding carboxylic acids is 1. The van der Waals surface area contributed by atoms with Crippen LogP contribution in [0.4, 0.5) is 0 Å². The molecular weight excluding hydrogens is 222 g/mol. The average molecular weight is 246 g/mol. The third-order valence-electron chi connectivity index (χ3n) is 4.24. The van der Waals surface area contributed by atoms with Crippen LogP contribution in [-0.2, 0) is 4.79 Å². The van der Waals surface area contributed by atoms with Crippen LogP contribution in [0.15, 0.2) is 0 Å². The van der Waals surface area contributed by atoms with E-state index in [9.17, 15) is 4.79 Å². The molecule has 2 fully saturated rings. The third kappa shape index (κ3) is 3.21. The fourth-order valence-electron chi connectivity index (χ4n) is 3.21. The van der Waals surface area contributed by atoms with Gasteiger partial charge in [-0.3, -0.25) is 4.79 Å². The molecule has 0 bridgehead atoms. The number of halogens is 1. The number of rotatable bonds is 3. The molecule has 2 N–H and O–H groups in total. The molecule has 0 spiro atoms. The van der Waals surface area contributed by atoms with E-state index in [-0.39, 0.29) is 18.4 Å². The van der Waals surface area contributed by atoms with E-state index in [2.05, 4.69) is 0 Å². The van der Waals surface area contributed by atoms with Gasteiger partial charge in [0, 0.05) is 5.92 Å². The van der Waals surface area contributed by atoms with Gasteiger partial charge in [-0.2, -0.15) is 0 Å². The Bertz CT molecular complexity index is 220. The van der Waals surface area contributed by atoms with Gasteiger partial charge in [0.25, 0.3) is 0 Å². The molecule has 2 aliphatic carbocycles. The second-order valence-corrected chi connectivity index (χ2v) is 5.31. The molecule has 3 heteroatoms. The maximum absolute atomic E-state index is 12.1. The molecule has 2 rings (SSSR count). The highest BCUT2D eigenvalue weighted by Crippen LogP contribution is 2.31. The molecule has 0 aromatic rings. The lowest BCUT2D eigenvalue weighted by Gasteiger charge is -2.28. The topological polar surface area (TPSA) is 43.1 Å². The Morgan fingerprint density at radius 1 is 0.938 bits per heavy atom. The first kappa shape index (κ1) is 14.0. The highest BCUT2D eigenvalue weighted by Gasteiger charge is 2.32. The number of carbonyl (C=O) groups is 1. The van der Waals surface area contributed by atoms with Crippen LogP contribution >= 0.6 is 12.4 Å². The van der Waals surface area contributed by atoms with Gasteiger partial charge in [0.1, 0.15) is 0 Å². The molecule has 0 aliphatic heterocycles. The van der Waals surface area contributed by atoms with Crippen LogP contribution in [0.3, 0.4) is 0 Å².